The molecule has 0 heterocycles. The Kier molecular flexibility index (Phi) is 5.88. The molecule has 18 heavy (non-hydrogen) atoms. The van der Waals surface area contributed by atoms with Crippen molar-refractivity contribution in [3.63, 3.8) is 0 Å². The molecule has 102 valence electrons. The molecule has 1 fully saturated rings. The Bertz CT molecular complexity index is 321. The second kappa shape index (κ2) is 6.95. The van der Waals surface area contributed by atoms with E-state index in [1.807, 2.05) is 0 Å². The van der Waals surface area contributed by atoms with Gasteiger partial charge < -0.3 is 4.74 Å². The van der Waals surface area contributed by atoms with Crippen LogP contribution in [0.15, 0.2) is 0 Å². The van der Waals surface area contributed by atoms with Crippen molar-refractivity contribution in [2.45, 2.75) is 65.4 Å². The molecule has 1 atom stereocenters. The third-order valence-corrected chi connectivity index (χ3v) is 3.38. The molecule has 2 nitrogen and oxygen atoms in total. The zero-order valence-corrected chi connectivity index (χ0v) is 12.2. The van der Waals surface area contributed by atoms with Crippen LogP contribution in [0.4, 0.5) is 0 Å². The van der Waals surface area contributed by atoms with Crippen molar-refractivity contribution in [2.75, 3.05) is 7.11 Å². The smallest absolute Gasteiger partial charge is 0.173 e. The van der Waals surface area contributed by atoms with Crippen LogP contribution >= 0.6 is 0 Å². The third-order valence-electron chi connectivity index (χ3n) is 3.38. The Morgan fingerprint density at radius 1 is 1.28 bits per heavy atom. The van der Waals surface area contributed by atoms with Gasteiger partial charge in [-0.2, -0.15) is 0 Å². The molecule has 0 spiro atoms. The minimum absolute atomic E-state index is 0.0340. The van der Waals surface area contributed by atoms with Gasteiger partial charge in [-0.15, -0.1) is 0 Å². The van der Waals surface area contributed by atoms with Gasteiger partial charge in [-0.3, -0.25) is 4.79 Å². The summed E-state index contributed by atoms with van der Waals surface area (Å²) in [5, 5.41) is 0. The van der Waals surface area contributed by atoms with Gasteiger partial charge in [0.2, 0.25) is 0 Å². The summed E-state index contributed by atoms with van der Waals surface area (Å²) < 4.78 is 5.42. The highest BCUT2D eigenvalue weighted by Crippen LogP contribution is 2.28. The van der Waals surface area contributed by atoms with E-state index in [9.17, 15) is 4.79 Å². The molecule has 0 aromatic rings. The molecule has 0 radical (unpaired) electrons. The highest BCUT2D eigenvalue weighted by molar-refractivity contribution is 5.85. The molecule has 0 aromatic heterocycles. The monoisotopic (exact) mass is 250 g/mol. The van der Waals surface area contributed by atoms with Crippen LogP contribution in [0.1, 0.15) is 59.3 Å². The van der Waals surface area contributed by atoms with Gasteiger partial charge in [0.15, 0.2) is 5.78 Å². The van der Waals surface area contributed by atoms with Gasteiger partial charge >= 0.3 is 0 Å². The molecule has 1 rings (SSSR count). The predicted molar refractivity (Wildman–Crippen MR) is 74.2 cm³/mol. The van der Waals surface area contributed by atoms with Crippen molar-refractivity contribution in [3.05, 3.63) is 0 Å². The number of carbonyl (C=O) groups is 1. The van der Waals surface area contributed by atoms with Gasteiger partial charge in [-0.1, -0.05) is 31.1 Å². The van der Waals surface area contributed by atoms with Gasteiger partial charge in [0, 0.05) is 12.5 Å². The van der Waals surface area contributed by atoms with E-state index in [0.717, 1.165) is 12.8 Å². The Morgan fingerprint density at radius 3 is 2.39 bits per heavy atom. The molecule has 0 bridgehead atoms. The third kappa shape index (κ3) is 5.23. The van der Waals surface area contributed by atoms with Gasteiger partial charge in [-0.05, 0) is 39.5 Å². The predicted octanol–water partition coefficient (Wildman–Crippen LogP) is 3.59. The standard InChI is InChI=1S/C16H26O2/c1-16(2,3)12-8-11-14(17)15(18-4)13-9-6-5-7-10-13/h13,15H,5-7,9-11H2,1-4H3. The van der Waals surface area contributed by atoms with E-state index in [1.165, 1.54) is 19.3 Å². The summed E-state index contributed by atoms with van der Waals surface area (Å²) in [5.74, 6) is 6.67. The molecule has 1 saturated carbocycles. The molecule has 0 aliphatic heterocycles. The van der Waals surface area contributed by atoms with Crippen LogP contribution in [0.3, 0.4) is 0 Å². The first-order valence-electron chi connectivity index (χ1n) is 6.99. The molecular weight excluding hydrogens is 224 g/mol. The number of hydrogen-bond donors (Lipinski definition) is 0. The van der Waals surface area contributed by atoms with Crippen LogP contribution in [0.5, 0.6) is 0 Å². The van der Waals surface area contributed by atoms with Crippen LogP contribution < -0.4 is 0 Å². The lowest BCUT2D eigenvalue weighted by Gasteiger charge is -2.27. The fourth-order valence-corrected chi connectivity index (χ4v) is 2.52. The van der Waals surface area contributed by atoms with Crippen molar-refractivity contribution >= 4 is 5.78 Å². The summed E-state index contributed by atoms with van der Waals surface area (Å²) in [6, 6.07) is 0. The topological polar surface area (TPSA) is 26.3 Å². The minimum Gasteiger partial charge on any atom is -0.373 e. The molecule has 0 aromatic carbocycles. The number of carbonyl (C=O) groups excluding carboxylic acids is 1. The number of ether oxygens (including phenoxy) is 1. The van der Waals surface area contributed by atoms with Crippen LogP contribution in [-0.2, 0) is 9.53 Å². The largest absolute Gasteiger partial charge is 0.373 e. The zero-order chi connectivity index (χ0) is 13.6. The number of rotatable bonds is 4. The van der Waals surface area contributed by atoms with Crippen molar-refractivity contribution in [1.82, 2.24) is 0 Å². The second-order valence-electron chi connectivity index (χ2n) is 6.25. The van der Waals surface area contributed by atoms with Crippen molar-refractivity contribution in [1.29, 1.82) is 0 Å². The maximum atomic E-state index is 12.1. The van der Waals surface area contributed by atoms with Crippen LogP contribution in [0.25, 0.3) is 0 Å². The minimum atomic E-state index is -0.237. The van der Waals surface area contributed by atoms with Gasteiger partial charge in [0.05, 0.1) is 6.42 Å². The number of ketones is 1. The highest BCUT2D eigenvalue weighted by Gasteiger charge is 2.28. The number of Topliss-reactive ketones (excluding diaryl/α,β-unsaturated/α-hetero) is 1. The van der Waals surface area contributed by atoms with E-state index in [-0.39, 0.29) is 17.3 Å². The Morgan fingerprint density at radius 2 is 1.89 bits per heavy atom. The van der Waals surface area contributed by atoms with E-state index < -0.39 is 0 Å². The van der Waals surface area contributed by atoms with Crippen LogP contribution in [-0.4, -0.2) is 19.0 Å². The van der Waals surface area contributed by atoms with Gasteiger partial charge in [0.1, 0.15) is 6.10 Å². The summed E-state index contributed by atoms with van der Waals surface area (Å²) in [5.41, 5.74) is -0.0340. The molecule has 1 aliphatic rings. The van der Waals surface area contributed by atoms with Gasteiger partial charge in [-0.25, -0.2) is 0 Å². The van der Waals surface area contributed by atoms with Gasteiger partial charge in [0.25, 0.3) is 0 Å². The molecule has 1 aliphatic carbocycles. The summed E-state index contributed by atoms with van der Waals surface area (Å²) >= 11 is 0. The first-order valence-corrected chi connectivity index (χ1v) is 6.99. The van der Waals surface area contributed by atoms with E-state index in [1.54, 1.807) is 7.11 Å². The quantitative estimate of drug-likeness (QED) is 0.713. The summed E-state index contributed by atoms with van der Waals surface area (Å²) in [7, 11) is 1.65. The van der Waals surface area contributed by atoms with E-state index >= 15 is 0 Å². The lowest BCUT2D eigenvalue weighted by Crippen LogP contribution is -2.32. The average Bonchev–Trinajstić information content (AvgIpc) is 2.29. The summed E-state index contributed by atoms with van der Waals surface area (Å²) in [4.78, 5) is 12.1. The average molecular weight is 250 g/mol. The highest BCUT2D eigenvalue weighted by atomic mass is 16.5. The Labute approximate surface area is 111 Å². The van der Waals surface area contributed by atoms with Crippen molar-refractivity contribution in [2.24, 2.45) is 11.3 Å². The summed E-state index contributed by atoms with van der Waals surface area (Å²) in [6.07, 6.45) is 6.08. The lowest BCUT2D eigenvalue weighted by atomic mass is 9.83. The first kappa shape index (κ1) is 15.2. The van der Waals surface area contributed by atoms with Crippen LogP contribution in [0.2, 0.25) is 0 Å². The molecule has 0 amide bonds. The Balaban J connectivity index is 2.53. The zero-order valence-electron chi connectivity index (χ0n) is 12.2. The first-order chi connectivity index (χ1) is 8.44. The molecule has 0 N–H and O–H groups in total. The van der Waals surface area contributed by atoms with Crippen LogP contribution in [0, 0.1) is 23.2 Å². The SMILES string of the molecule is COC(C(=O)CC#CC(C)(C)C)C1CCCCC1. The fourth-order valence-electron chi connectivity index (χ4n) is 2.52. The maximum absolute atomic E-state index is 12.1. The van der Waals surface area contributed by atoms with E-state index in [0.29, 0.717) is 12.3 Å². The van der Waals surface area contributed by atoms with E-state index in [4.69, 9.17) is 4.74 Å². The summed E-state index contributed by atoms with van der Waals surface area (Å²) in [6.45, 7) is 6.16. The molecule has 2 heteroatoms. The molecule has 0 saturated heterocycles. The van der Waals surface area contributed by atoms with E-state index in [2.05, 4.69) is 32.6 Å². The second-order valence-corrected chi connectivity index (χ2v) is 6.25. The number of methoxy groups -OCH3 is 1. The normalized spacial score (nSPS) is 18.9. The molecular formula is C16H26O2. The fraction of sp³-hybridized carbons (Fsp3) is 0.812. The Hall–Kier alpha value is -0.810. The van der Waals surface area contributed by atoms with Crippen molar-refractivity contribution in [3.8, 4) is 11.8 Å². The van der Waals surface area contributed by atoms with Crippen molar-refractivity contribution < 1.29 is 9.53 Å². The molecule has 1 unspecified atom stereocenters. The number of hydrogen-bond acceptors (Lipinski definition) is 2. The lowest BCUT2D eigenvalue weighted by molar-refractivity contribution is -0.131. The maximum Gasteiger partial charge on any atom is 0.173 e.